The monoisotopic (exact) mass is 383 g/mol. The highest BCUT2D eigenvalue weighted by atomic mass is 32.2. The highest BCUT2D eigenvalue weighted by Gasteiger charge is 2.20. The van der Waals surface area contributed by atoms with Gasteiger partial charge in [-0.1, -0.05) is 47.3 Å². The second-order valence-electron chi connectivity index (χ2n) is 6.01. The first-order chi connectivity index (χ1) is 13.2. The van der Waals surface area contributed by atoms with Crippen molar-refractivity contribution in [2.45, 2.75) is 24.2 Å². The number of aliphatic hydroxyl groups is 1. The molecule has 0 fully saturated rings. The van der Waals surface area contributed by atoms with Crippen molar-refractivity contribution in [1.82, 2.24) is 15.0 Å². The molecule has 0 spiro atoms. The number of carbonyl (C=O) groups excluding carboxylic acids is 1. The molecule has 1 N–H and O–H groups in total. The molecule has 0 saturated heterocycles. The number of hydrogen-bond donors (Lipinski definition) is 1. The van der Waals surface area contributed by atoms with Crippen LogP contribution in [0, 0.1) is 6.92 Å². The molecule has 0 aliphatic heterocycles. The van der Waals surface area contributed by atoms with Gasteiger partial charge in [0.25, 0.3) is 5.91 Å². The van der Waals surface area contributed by atoms with E-state index in [1.165, 1.54) is 11.8 Å². The number of nitrogens with zero attached hydrogens (tertiary/aromatic N) is 3. The molecule has 27 heavy (non-hydrogen) atoms. The van der Waals surface area contributed by atoms with E-state index in [0.29, 0.717) is 22.9 Å². The van der Waals surface area contributed by atoms with Crippen molar-refractivity contribution in [2.24, 2.45) is 0 Å². The Morgan fingerprint density at radius 3 is 2.74 bits per heavy atom. The summed E-state index contributed by atoms with van der Waals surface area (Å²) >= 11 is 1.44. The summed E-state index contributed by atoms with van der Waals surface area (Å²) in [6.07, 6.45) is 1.67. The summed E-state index contributed by atoms with van der Waals surface area (Å²) in [5, 5.41) is 14.0. The molecule has 0 saturated carbocycles. The molecular weight excluding hydrogens is 362 g/mol. The minimum absolute atomic E-state index is 0.0977. The Balaban J connectivity index is 1.77. The zero-order chi connectivity index (χ0) is 19.1. The van der Waals surface area contributed by atoms with Crippen molar-refractivity contribution in [3.63, 3.8) is 0 Å². The fourth-order valence-corrected chi connectivity index (χ4v) is 3.51. The van der Waals surface area contributed by atoms with Crippen LogP contribution in [0.15, 0.2) is 64.3 Å². The van der Waals surface area contributed by atoms with Crippen LogP contribution in [0.2, 0.25) is 0 Å². The minimum Gasteiger partial charge on any atom is -0.395 e. The molecule has 3 aromatic rings. The first kappa shape index (κ1) is 19.1. The van der Waals surface area contributed by atoms with Crippen LogP contribution in [0.1, 0.15) is 27.4 Å². The van der Waals surface area contributed by atoms with Gasteiger partial charge in [0.05, 0.1) is 17.9 Å². The van der Waals surface area contributed by atoms with E-state index < -0.39 is 0 Å². The molecule has 0 atom stereocenters. The number of aromatic nitrogens is 2. The SMILES string of the molecule is Cc1cc(CSc2ncccc2C(=O)N(CCO)Cc2ccccc2)no1. The fraction of sp³-hybridized carbons (Fsp3) is 0.250. The van der Waals surface area contributed by atoms with Crippen LogP contribution in [-0.4, -0.2) is 39.2 Å². The smallest absolute Gasteiger partial charge is 0.256 e. The van der Waals surface area contributed by atoms with Gasteiger partial charge in [0.15, 0.2) is 0 Å². The molecule has 1 aromatic carbocycles. The van der Waals surface area contributed by atoms with Gasteiger partial charge in [-0.3, -0.25) is 4.79 Å². The molecule has 2 aromatic heterocycles. The van der Waals surface area contributed by atoms with Crippen molar-refractivity contribution in [3.05, 3.63) is 77.3 Å². The third kappa shape index (κ3) is 5.18. The molecule has 0 aliphatic rings. The zero-order valence-electron chi connectivity index (χ0n) is 15.0. The van der Waals surface area contributed by atoms with Gasteiger partial charge in [0.2, 0.25) is 0 Å². The number of pyridine rings is 1. The maximum absolute atomic E-state index is 13.1. The molecule has 0 unspecified atom stereocenters. The Kier molecular flexibility index (Phi) is 6.62. The van der Waals surface area contributed by atoms with Crippen LogP contribution < -0.4 is 0 Å². The summed E-state index contributed by atoms with van der Waals surface area (Å²) in [6.45, 7) is 2.43. The molecule has 0 radical (unpaired) electrons. The normalized spacial score (nSPS) is 10.7. The number of benzene rings is 1. The van der Waals surface area contributed by atoms with Gasteiger partial charge in [-0.05, 0) is 24.6 Å². The lowest BCUT2D eigenvalue weighted by Crippen LogP contribution is -2.33. The van der Waals surface area contributed by atoms with E-state index in [-0.39, 0.29) is 19.1 Å². The summed E-state index contributed by atoms with van der Waals surface area (Å²) in [6, 6.07) is 15.1. The summed E-state index contributed by atoms with van der Waals surface area (Å²) in [4.78, 5) is 19.1. The van der Waals surface area contributed by atoms with Crippen molar-refractivity contribution in [3.8, 4) is 0 Å². The third-order valence-electron chi connectivity index (χ3n) is 3.91. The summed E-state index contributed by atoms with van der Waals surface area (Å²) < 4.78 is 5.08. The molecule has 3 rings (SSSR count). The number of aliphatic hydroxyl groups excluding tert-OH is 1. The van der Waals surface area contributed by atoms with Crippen LogP contribution in [0.3, 0.4) is 0 Å². The summed E-state index contributed by atoms with van der Waals surface area (Å²) in [5.41, 5.74) is 2.33. The fourth-order valence-electron chi connectivity index (χ4n) is 2.64. The number of thioether (sulfide) groups is 1. The van der Waals surface area contributed by atoms with Crippen LogP contribution in [0.25, 0.3) is 0 Å². The number of carbonyl (C=O) groups is 1. The maximum atomic E-state index is 13.1. The van der Waals surface area contributed by atoms with E-state index in [1.807, 2.05) is 43.3 Å². The highest BCUT2D eigenvalue weighted by Crippen LogP contribution is 2.25. The van der Waals surface area contributed by atoms with Crippen LogP contribution in [0.4, 0.5) is 0 Å². The average Bonchev–Trinajstić information content (AvgIpc) is 3.12. The van der Waals surface area contributed by atoms with Gasteiger partial charge in [-0.15, -0.1) is 0 Å². The third-order valence-corrected chi connectivity index (χ3v) is 4.95. The number of hydrogen-bond acceptors (Lipinski definition) is 6. The van der Waals surface area contributed by atoms with Crippen LogP contribution in [0.5, 0.6) is 0 Å². The Morgan fingerprint density at radius 2 is 2.04 bits per heavy atom. The van der Waals surface area contributed by atoms with Crippen molar-refractivity contribution in [2.75, 3.05) is 13.2 Å². The van der Waals surface area contributed by atoms with Gasteiger partial charge in [-0.25, -0.2) is 4.98 Å². The second kappa shape index (κ2) is 9.34. The largest absolute Gasteiger partial charge is 0.395 e. The number of rotatable bonds is 8. The van der Waals surface area contributed by atoms with E-state index in [9.17, 15) is 9.90 Å². The first-order valence-corrected chi connectivity index (χ1v) is 9.60. The van der Waals surface area contributed by atoms with Gasteiger partial charge in [0, 0.05) is 31.1 Å². The maximum Gasteiger partial charge on any atom is 0.256 e. The Labute approximate surface area is 162 Å². The lowest BCUT2D eigenvalue weighted by Gasteiger charge is -2.22. The molecule has 7 heteroatoms. The molecule has 2 heterocycles. The predicted octanol–water partition coefficient (Wildman–Crippen LogP) is 3.31. The Morgan fingerprint density at radius 1 is 1.22 bits per heavy atom. The van der Waals surface area contributed by atoms with Gasteiger partial charge < -0.3 is 14.5 Å². The summed E-state index contributed by atoms with van der Waals surface area (Å²) in [5.74, 6) is 1.16. The van der Waals surface area contributed by atoms with Gasteiger partial charge >= 0.3 is 0 Å². The molecular formula is C20H21N3O3S. The lowest BCUT2D eigenvalue weighted by molar-refractivity contribution is 0.0703. The quantitative estimate of drug-likeness (QED) is 0.601. The Hall–Kier alpha value is -2.64. The van der Waals surface area contributed by atoms with Crippen LogP contribution in [-0.2, 0) is 12.3 Å². The van der Waals surface area contributed by atoms with Gasteiger partial charge in [-0.2, -0.15) is 0 Å². The van der Waals surface area contributed by atoms with E-state index in [2.05, 4.69) is 10.1 Å². The Bertz CT molecular complexity index is 883. The molecule has 0 bridgehead atoms. The topological polar surface area (TPSA) is 79.5 Å². The highest BCUT2D eigenvalue weighted by molar-refractivity contribution is 7.98. The first-order valence-electron chi connectivity index (χ1n) is 8.61. The minimum atomic E-state index is -0.153. The summed E-state index contributed by atoms with van der Waals surface area (Å²) in [7, 11) is 0. The van der Waals surface area contributed by atoms with Crippen molar-refractivity contribution >= 4 is 17.7 Å². The lowest BCUT2D eigenvalue weighted by atomic mass is 10.2. The van der Waals surface area contributed by atoms with Gasteiger partial charge in [0.1, 0.15) is 10.8 Å². The average molecular weight is 383 g/mol. The zero-order valence-corrected chi connectivity index (χ0v) is 15.9. The molecule has 0 aliphatic carbocycles. The van der Waals surface area contributed by atoms with Crippen LogP contribution >= 0.6 is 11.8 Å². The second-order valence-corrected chi connectivity index (χ2v) is 6.97. The van der Waals surface area contributed by atoms with E-state index >= 15 is 0 Å². The van der Waals surface area contributed by atoms with Crippen molar-refractivity contribution < 1.29 is 14.4 Å². The number of amides is 1. The van der Waals surface area contributed by atoms with E-state index in [4.69, 9.17) is 4.52 Å². The molecule has 140 valence electrons. The number of aryl methyl sites for hydroxylation is 1. The molecule has 6 nitrogen and oxygen atoms in total. The molecule has 1 amide bonds. The predicted molar refractivity (Wildman–Crippen MR) is 103 cm³/mol. The van der Waals surface area contributed by atoms with E-state index in [1.54, 1.807) is 23.2 Å². The standard InChI is InChI=1S/C20H21N3O3S/c1-15-12-17(22-26-15)14-27-19-18(8-5-9-21-19)20(25)23(10-11-24)13-16-6-3-2-4-7-16/h2-9,12,24H,10-11,13-14H2,1H3. The van der Waals surface area contributed by atoms with Crippen molar-refractivity contribution in [1.29, 1.82) is 0 Å². The van der Waals surface area contributed by atoms with E-state index in [0.717, 1.165) is 17.0 Å².